The van der Waals surface area contributed by atoms with Crippen molar-refractivity contribution < 1.29 is 27.4 Å². The number of hydrogen-bond acceptors (Lipinski definition) is 4. The first-order valence-electron chi connectivity index (χ1n) is 11.1. The van der Waals surface area contributed by atoms with Gasteiger partial charge in [0.25, 0.3) is 0 Å². The molecule has 0 aromatic heterocycles. The Morgan fingerprint density at radius 1 is 1.19 bits per heavy atom. The smallest absolute Gasteiger partial charge is 0.416 e. The van der Waals surface area contributed by atoms with E-state index in [1.807, 2.05) is 0 Å². The van der Waals surface area contributed by atoms with Gasteiger partial charge in [0, 0.05) is 30.9 Å². The third-order valence-electron chi connectivity index (χ3n) is 7.19. The molecular formula is C23H31F3N2O3. The highest BCUT2D eigenvalue weighted by Crippen LogP contribution is 2.47. The molecule has 1 saturated carbocycles. The number of hydrogen-bond donors (Lipinski definition) is 1. The van der Waals surface area contributed by atoms with Crippen LogP contribution in [0.2, 0.25) is 0 Å². The predicted molar refractivity (Wildman–Crippen MR) is 109 cm³/mol. The molecule has 172 valence electrons. The molecule has 2 fully saturated rings. The third-order valence-corrected chi connectivity index (χ3v) is 7.19. The Bertz CT molecular complexity index is 808. The van der Waals surface area contributed by atoms with E-state index in [9.17, 15) is 18.0 Å². The van der Waals surface area contributed by atoms with Crippen LogP contribution < -0.4 is 10.1 Å². The number of rotatable bonds is 4. The Labute approximate surface area is 181 Å². The number of carbonyl (C=O) groups excluding carboxylic acids is 1. The van der Waals surface area contributed by atoms with E-state index < -0.39 is 17.2 Å². The molecule has 8 heteroatoms. The first-order chi connectivity index (χ1) is 14.7. The maximum atomic E-state index is 13.7. The molecule has 0 bridgehead atoms. The zero-order valence-electron chi connectivity index (χ0n) is 18.1. The number of nitrogens with one attached hydrogen (secondary N) is 1. The van der Waals surface area contributed by atoms with Crippen LogP contribution in [0.4, 0.5) is 13.2 Å². The molecule has 0 radical (unpaired) electrons. The molecule has 1 aromatic carbocycles. The lowest BCUT2D eigenvalue weighted by Crippen LogP contribution is -2.49. The summed E-state index contributed by atoms with van der Waals surface area (Å²) in [5, 5.41) is 3.72. The van der Waals surface area contributed by atoms with Crippen LogP contribution in [0, 0.1) is 11.3 Å². The van der Waals surface area contributed by atoms with E-state index in [2.05, 4.69) is 19.2 Å². The molecule has 0 unspecified atom stereocenters. The first-order valence-corrected chi connectivity index (χ1v) is 11.1. The molecule has 2 atom stereocenters. The summed E-state index contributed by atoms with van der Waals surface area (Å²) in [6, 6.07) is 4.16. The van der Waals surface area contributed by atoms with Crippen molar-refractivity contribution in [1.82, 2.24) is 10.2 Å². The van der Waals surface area contributed by atoms with Crippen LogP contribution >= 0.6 is 0 Å². The van der Waals surface area contributed by atoms with Crippen molar-refractivity contribution in [1.29, 1.82) is 0 Å². The van der Waals surface area contributed by atoms with E-state index in [0.29, 0.717) is 17.4 Å². The molecule has 5 nitrogen and oxygen atoms in total. The van der Waals surface area contributed by atoms with Gasteiger partial charge in [-0.05, 0) is 56.2 Å². The first kappa shape index (κ1) is 22.4. The second-order valence-electron chi connectivity index (χ2n) is 9.40. The number of benzene rings is 1. The fourth-order valence-corrected chi connectivity index (χ4v) is 5.25. The molecule has 2 heterocycles. The van der Waals surface area contributed by atoms with Gasteiger partial charge in [-0.2, -0.15) is 13.2 Å². The highest BCUT2D eigenvalue weighted by molar-refractivity contribution is 5.83. The zero-order valence-corrected chi connectivity index (χ0v) is 18.1. The minimum absolute atomic E-state index is 0.0122. The second-order valence-corrected chi connectivity index (χ2v) is 9.40. The van der Waals surface area contributed by atoms with Gasteiger partial charge in [-0.25, -0.2) is 0 Å². The van der Waals surface area contributed by atoms with Crippen molar-refractivity contribution in [2.75, 3.05) is 19.9 Å². The van der Waals surface area contributed by atoms with E-state index in [0.717, 1.165) is 57.5 Å². The van der Waals surface area contributed by atoms with E-state index in [-0.39, 0.29) is 31.1 Å². The quantitative estimate of drug-likeness (QED) is 0.757. The van der Waals surface area contributed by atoms with Crippen molar-refractivity contribution >= 4 is 5.91 Å². The van der Waals surface area contributed by atoms with Crippen molar-refractivity contribution in [3.05, 3.63) is 29.3 Å². The summed E-state index contributed by atoms with van der Waals surface area (Å²) in [4.78, 5) is 15.3. The molecule has 1 aromatic rings. The van der Waals surface area contributed by atoms with Crippen LogP contribution in [0.5, 0.6) is 5.75 Å². The average Bonchev–Trinajstić information content (AvgIpc) is 3.17. The SMILES string of the molecule is CC(C)[C@]1(C(=O)N2COc3ccc(C(F)(F)F)cc3C2)CC[C@@H](NC2CCOCC2)C1. The van der Waals surface area contributed by atoms with Gasteiger partial charge >= 0.3 is 6.18 Å². The van der Waals surface area contributed by atoms with Gasteiger partial charge in [0.1, 0.15) is 5.75 Å². The topological polar surface area (TPSA) is 50.8 Å². The maximum Gasteiger partial charge on any atom is 0.416 e. The Hall–Kier alpha value is -1.80. The number of fused-ring (bicyclic) bond motifs is 1. The highest BCUT2D eigenvalue weighted by atomic mass is 19.4. The fraction of sp³-hybridized carbons (Fsp3) is 0.696. The summed E-state index contributed by atoms with van der Waals surface area (Å²) in [6.45, 7) is 5.88. The summed E-state index contributed by atoms with van der Waals surface area (Å²) in [7, 11) is 0. The van der Waals surface area contributed by atoms with E-state index in [1.165, 1.54) is 6.07 Å². The third kappa shape index (κ3) is 4.55. The molecule has 2 aliphatic heterocycles. The summed E-state index contributed by atoms with van der Waals surface area (Å²) in [5.74, 6) is 0.535. The van der Waals surface area contributed by atoms with Crippen molar-refractivity contribution in [3.8, 4) is 5.75 Å². The molecule has 31 heavy (non-hydrogen) atoms. The molecule has 0 spiro atoms. The van der Waals surface area contributed by atoms with Crippen molar-refractivity contribution in [2.24, 2.45) is 11.3 Å². The second kappa shape index (κ2) is 8.62. The lowest BCUT2D eigenvalue weighted by atomic mass is 9.74. The number of amides is 1. The predicted octanol–water partition coefficient (Wildman–Crippen LogP) is 4.35. The number of ether oxygens (including phenoxy) is 2. The molecule has 1 N–H and O–H groups in total. The van der Waals surface area contributed by atoms with E-state index >= 15 is 0 Å². The normalized spacial score (nSPS) is 27.3. The van der Waals surface area contributed by atoms with Gasteiger partial charge in [0.05, 0.1) is 17.5 Å². The summed E-state index contributed by atoms with van der Waals surface area (Å²) in [6.07, 6.45) is -0.0161. The van der Waals surface area contributed by atoms with Gasteiger partial charge in [-0.15, -0.1) is 0 Å². The Kier molecular flexibility index (Phi) is 6.23. The van der Waals surface area contributed by atoms with Gasteiger partial charge < -0.3 is 19.7 Å². The minimum atomic E-state index is -4.42. The lowest BCUT2D eigenvalue weighted by molar-refractivity contribution is -0.149. The molecule has 1 amide bonds. The molecule has 4 rings (SSSR count). The number of nitrogens with zero attached hydrogens (tertiary/aromatic N) is 1. The number of carbonyl (C=O) groups is 1. The number of alkyl halides is 3. The maximum absolute atomic E-state index is 13.7. The molecule has 1 aliphatic carbocycles. The van der Waals surface area contributed by atoms with Gasteiger partial charge in [-0.3, -0.25) is 4.79 Å². The van der Waals surface area contributed by atoms with Crippen LogP contribution in [0.15, 0.2) is 18.2 Å². The average molecular weight is 441 g/mol. The van der Waals surface area contributed by atoms with Crippen LogP contribution in [0.25, 0.3) is 0 Å². The largest absolute Gasteiger partial charge is 0.473 e. The van der Waals surface area contributed by atoms with Crippen LogP contribution in [0.1, 0.15) is 57.1 Å². The number of halogens is 3. The Balaban J connectivity index is 1.48. The fourth-order valence-electron chi connectivity index (χ4n) is 5.25. The van der Waals surface area contributed by atoms with E-state index in [4.69, 9.17) is 9.47 Å². The van der Waals surface area contributed by atoms with Gasteiger partial charge in [-0.1, -0.05) is 13.8 Å². The van der Waals surface area contributed by atoms with Gasteiger partial charge in [0.2, 0.25) is 5.91 Å². The molecular weight excluding hydrogens is 409 g/mol. The van der Waals surface area contributed by atoms with Crippen molar-refractivity contribution in [3.63, 3.8) is 0 Å². The monoisotopic (exact) mass is 440 g/mol. The summed E-state index contributed by atoms with van der Waals surface area (Å²) >= 11 is 0. The minimum Gasteiger partial charge on any atom is -0.473 e. The van der Waals surface area contributed by atoms with E-state index in [1.54, 1.807) is 4.90 Å². The van der Waals surface area contributed by atoms with Crippen LogP contribution in [-0.2, 0) is 22.3 Å². The molecule has 1 saturated heterocycles. The summed E-state index contributed by atoms with van der Waals surface area (Å²) in [5.41, 5.74) is -0.835. The zero-order chi connectivity index (χ0) is 22.2. The van der Waals surface area contributed by atoms with Crippen molar-refractivity contribution in [2.45, 2.75) is 70.8 Å². The van der Waals surface area contributed by atoms with Crippen LogP contribution in [0.3, 0.4) is 0 Å². The Morgan fingerprint density at radius 2 is 1.94 bits per heavy atom. The lowest BCUT2D eigenvalue weighted by Gasteiger charge is -2.39. The van der Waals surface area contributed by atoms with Gasteiger partial charge in [0.15, 0.2) is 6.73 Å². The molecule has 3 aliphatic rings. The van der Waals surface area contributed by atoms with Crippen LogP contribution in [-0.4, -0.2) is 42.8 Å². The summed E-state index contributed by atoms with van der Waals surface area (Å²) < 4.78 is 50.5. The highest BCUT2D eigenvalue weighted by Gasteiger charge is 2.50. The Morgan fingerprint density at radius 3 is 2.61 bits per heavy atom. The standard InChI is InChI=1S/C23H31F3N2O3/c1-15(2)22(8-5-19(12-22)27-18-6-9-30-10-7-18)21(29)28-13-16-11-17(23(24,25)26)3-4-20(16)31-14-28/h3-4,11,15,18-19,27H,5-10,12-14H2,1-2H3/t19-,22+/m1/s1.